The summed E-state index contributed by atoms with van der Waals surface area (Å²) < 4.78 is 26.3. The summed E-state index contributed by atoms with van der Waals surface area (Å²) >= 11 is 5.39. The highest BCUT2D eigenvalue weighted by molar-refractivity contribution is 7.91. The van der Waals surface area contributed by atoms with E-state index in [4.69, 9.17) is 12.2 Å². The van der Waals surface area contributed by atoms with Crippen LogP contribution >= 0.6 is 12.2 Å². The number of aromatic amines is 1. The minimum Gasteiger partial charge on any atom is -0.329 e. The van der Waals surface area contributed by atoms with Gasteiger partial charge in [-0.3, -0.25) is 0 Å². The van der Waals surface area contributed by atoms with Crippen molar-refractivity contribution in [2.45, 2.75) is 38.6 Å². The third-order valence-corrected chi connectivity index (χ3v) is 5.19. The van der Waals surface area contributed by atoms with Crippen molar-refractivity contribution < 1.29 is 8.42 Å². The van der Waals surface area contributed by atoms with Gasteiger partial charge in [-0.25, -0.2) is 8.42 Å². The van der Waals surface area contributed by atoms with E-state index in [1.807, 2.05) is 10.6 Å². The molecule has 20 heavy (non-hydrogen) atoms. The molecule has 1 heterocycles. The van der Waals surface area contributed by atoms with Gasteiger partial charge in [0.1, 0.15) is 0 Å². The molecule has 0 saturated carbocycles. The van der Waals surface area contributed by atoms with Gasteiger partial charge in [0.05, 0.1) is 15.9 Å². The van der Waals surface area contributed by atoms with E-state index in [-0.39, 0.29) is 11.5 Å². The summed E-state index contributed by atoms with van der Waals surface area (Å²) in [5.41, 5.74) is 1.45. The highest BCUT2D eigenvalue weighted by atomic mass is 32.2. The van der Waals surface area contributed by atoms with Crippen LogP contribution in [0, 0.1) is 10.2 Å². The fourth-order valence-electron chi connectivity index (χ4n) is 2.20. The van der Waals surface area contributed by atoms with Gasteiger partial charge < -0.3 is 9.55 Å². The third-order valence-electron chi connectivity index (χ3n) is 3.75. The Morgan fingerprint density at radius 2 is 1.90 bits per heavy atom. The molecule has 0 radical (unpaired) electrons. The Hall–Kier alpha value is -1.14. The number of sulfone groups is 1. The molecule has 1 atom stereocenters. The molecule has 0 fully saturated rings. The van der Waals surface area contributed by atoms with Gasteiger partial charge in [-0.1, -0.05) is 26.8 Å². The second kappa shape index (κ2) is 4.70. The lowest BCUT2D eigenvalue weighted by Crippen LogP contribution is -2.21. The number of nitrogens with one attached hydrogen (secondary N) is 1. The maximum absolute atomic E-state index is 11.9. The van der Waals surface area contributed by atoms with Gasteiger partial charge in [0.2, 0.25) is 0 Å². The van der Waals surface area contributed by atoms with Crippen LogP contribution in [-0.4, -0.2) is 24.2 Å². The molecule has 2 aromatic rings. The monoisotopic (exact) mass is 312 g/mol. The van der Waals surface area contributed by atoms with Crippen LogP contribution in [0.3, 0.4) is 0 Å². The van der Waals surface area contributed by atoms with Crippen LogP contribution < -0.4 is 0 Å². The lowest BCUT2D eigenvalue weighted by atomic mass is 9.88. The van der Waals surface area contributed by atoms with Crippen molar-refractivity contribution in [2.24, 2.45) is 5.41 Å². The molecule has 0 bridgehead atoms. The third kappa shape index (κ3) is 2.54. The molecule has 110 valence electrons. The second-order valence-electron chi connectivity index (χ2n) is 6.26. The molecule has 1 aromatic carbocycles. The Bertz CT molecular complexity index is 808. The molecule has 0 spiro atoms. The summed E-state index contributed by atoms with van der Waals surface area (Å²) in [7, 11) is -3.28. The fourth-order valence-corrected chi connectivity index (χ4v) is 3.41. The van der Waals surface area contributed by atoms with Crippen molar-refractivity contribution in [2.75, 3.05) is 6.26 Å². The van der Waals surface area contributed by atoms with Crippen LogP contribution in [0.5, 0.6) is 0 Å². The van der Waals surface area contributed by atoms with E-state index in [1.165, 1.54) is 6.26 Å². The van der Waals surface area contributed by atoms with Gasteiger partial charge in [-0.05, 0) is 36.7 Å². The average molecular weight is 312 g/mol. The highest BCUT2D eigenvalue weighted by Crippen LogP contribution is 2.34. The van der Waals surface area contributed by atoms with Gasteiger partial charge in [-0.15, -0.1) is 0 Å². The molecule has 1 aromatic heterocycles. The molecule has 4 nitrogen and oxygen atoms in total. The number of para-hydroxylation sites is 1. The largest absolute Gasteiger partial charge is 0.329 e. The number of fused-ring (bicyclic) bond motifs is 1. The topological polar surface area (TPSA) is 54.9 Å². The van der Waals surface area contributed by atoms with E-state index < -0.39 is 9.84 Å². The van der Waals surface area contributed by atoms with Crippen molar-refractivity contribution in [3.8, 4) is 0 Å². The van der Waals surface area contributed by atoms with Crippen LogP contribution in [-0.2, 0) is 9.84 Å². The zero-order valence-corrected chi connectivity index (χ0v) is 14.0. The summed E-state index contributed by atoms with van der Waals surface area (Å²) in [5, 5.41) is 0. The van der Waals surface area contributed by atoms with Crippen LogP contribution in [0.25, 0.3) is 11.0 Å². The molecular weight excluding hydrogens is 292 g/mol. The number of H-pyrrole nitrogens is 1. The molecule has 0 aliphatic rings. The maximum atomic E-state index is 11.9. The first kappa shape index (κ1) is 15.3. The minimum absolute atomic E-state index is 0.0223. The van der Waals surface area contributed by atoms with Crippen molar-refractivity contribution in [3.05, 3.63) is 23.0 Å². The summed E-state index contributed by atoms with van der Waals surface area (Å²) in [6.45, 7) is 8.51. The van der Waals surface area contributed by atoms with E-state index >= 15 is 0 Å². The minimum atomic E-state index is -3.28. The molecule has 2 rings (SSSR count). The Balaban J connectivity index is 2.84. The lowest BCUT2D eigenvalue weighted by molar-refractivity contribution is 0.265. The summed E-state index contributed by atoms with van der Waals surface area (Å²) in [5.74, 6) is 0. The van der Waals surface area contributed by atoms with Crippen LogP contribution in [0.15, 0.2) is 23.1 Å². The first-order valence-corrected chi connectivity index (χ1v) is 8.76. The first-order valence-electron chi connectivity index (χ1n) is 6.47. The van der Waals surface area contributed by atoms with Crippen molar-refractivity contribution in [1.82, 2.24) is 9.55 Å². The Morgan fingerprint density at radius 3 is 2.40 bits per heavy atom. The highest BCUT2D eigenvalue weighted by Gasteiger charge is 2.25. The Kier molecular flexibility index (Phi) is 3.59. The number of imidazole rings is 1. The van der Waals surface area contributed by atoms with Gasteiger partial charge in [0, 0.05) is 12.3 Å². The molecule has 0 aliphatic heterocycles. The average Bonchev–Trinajstić information content (AvgIpc) is 2.60. The van der Waals surface area contributed by atoms with Gasteiger partial charge in [-0.2, -0.15) is 0 Å². The number of rotatable bonds is 2. The van der Waals surface area contributed by atoms with Crippen LogP contribution in [0.2, 0.25) is 0 Å². The lowest BCUT2D eigenvalue weighted by Gasteiger charge is -2.29. The smallest absolute Gasteiger partial charge is 0.178 e. The molecule has 0 saturated heterocycles. The molecular formula is C14H20N2O2S2. The molecule has 0 aliphatic carbocycles. The predicted molar refractivity (Wildman–Crippen MR) is 84.4 cm³/mol. The van der Waals surface area contributed by atoms with E-state index in [2.05, 4.69) is 32.7 Å². The number of hydrogen-bond donors (Lipinski definition) is 1. The maximum Gasteiger partial charge on any atom is 0.178 e. The van der Waals surface area contributed by atoms with Crippen molar-refractivity contribution in [1.29, 1.82) is 0 Å². The van der Waals surface area contributed by atoms with Crippen LogP contribution in [0.1, 0.15) is 33.7 Å². The normalized spacial score (nSPS) is 14.7. The van der Waals surface area contributed by atoms with Crippen molar-refractivity contribution >= 4 is 33.1 Å². The van der Waals surface area contributed by atoms with Crippen LogP contribution in [0.4, 0.5) is 0 Å². The number of nitrogens with zero attached hydrogens (tertiary/aromatic N) is 1. The zero-order valence-electron chi connectivity index (χ0n) is 12.4. The van der Waals surface area contributed by atoms with Gasteiger partial charge in [0.15, 0.2) is 14.6 Å². The fraction of sp³-hybridized carbons (Fsp3) is 0.500. The Morgan fingerprint density at radius 1 is 1.30 bits per heavy atom. The number of benzene rings is 1. The summed E-state index contributed by atoms with van der Waals surface area (Å²) in [4.78, 5) is 3.35. The molecule has 0 amide bonds. The molecule has 1 N–H and O–H groups in total. The van der Waals surface area contributed by atoms with E-state index in [0.717, 1.165) is 5.52 Å². The predicted octanol–water partition coefficient (Wildman–Crippen LogP) is 3.71. The van der Waals surface area contributed by atoms with E-state index in [1.54, 1.807) is 12.1 Å². The summed E-state index contributed by atoms with van der Waals surface area (Å²) in [6, 6.07) is 5.42. The SMILES string of the molecule is CC(n1c(=S)[nH]c2c(S(C)(=O)=O)cccc21)C(C)(C)C. The number of hydrogen-bond acceptors (Lipinski definition) is 3. The zero-order chi connectivity index (χ0) is 15.3. The standard InChI is InChI=1S/C14H20N2O2S2/c1-9(14(2,3)4)16-10-7-6-8-11(20(5,17)18)12(10)15-13(16)19/h6-9H,1-5H3,(H,15,19). The van der Waals surface area contributed by atoms with Gasteiger partial charge >= 0.3 is 0 Å². The van der Waals surface area contributed by atoms with Gasteiger partial charge in [0.25, 0.3) is 0 Å². The molecule has 6 heteroatoms. The quantitative estimate of drug-likeness (QED) is 0.860. The van der Waals surface area contributed by atoms with E-state index in [9.17, 15) is 8.42 Å². The second-order valence-corrected chi connectivity index (χ2v) is 8.64. The number of aromatic nitrogens is 2. The first-order chi connectivity index (χ1) is 9.03. The summed E-state index contributed by atoms with van der Waals surface area (Å²) in [6.07, 6.45) is 1.21. The Labute approximate surface area is 124 Å². The van der Waals surface area contributed by atoms with Crippen molar-refractivity contribution in [3.63, 3.8) is 0 Å². The molecule has 1 unspecified atom stereocenters. The van der Waals surface area contributed by atoms with E-state index in [0.29, 0.717) is 15.2 Å².